The number of hydrogen-bond donors (Lipinski definition) is 0. The highest BCUT2D eigenvalue weighted by atomic mass is 79.9. The molecule has 0 aliphatic rings. The van der Waals surface area contributed by atoms with Crippen LogP contribution in [-0.2, 0) is 6.61 Å². The Hall–Kier alpha value is -1.13. The van der Waals surface area contributed by atoms with Gasteiger partial charge in [0.05, 0.1) is 5.02 Å². The molecule has 0 bridgehead atoms. The summed E-state index contributed by atoms with van der Waals surface area (Å²) in [5.41, 5.74) is 0.770. The molecule has 0 spiro atoms. The van der Waals surface area contributed by atoms with Crippen LogP contribution in [0.15, 0.2) is 40.9 Å². The van der Waals surface area contributed by atoms with Crippen molar-refractivity contribution in [2.75, 3.05) is 0 Å². The van der Waals surface area contributed by atoms with E-state index in [1.54, 1.807) is 12.1 Å². The van der Waals surface area contributed by atoms with E-state index in [0.717, 1.165) is 5.56 Å². The molecule has 0 fully saturated rings. The van der Waals surface area contributed by atoms with Crippen molar-refractivity contribution in [1.29, 1.82) is 0 Å². The van der Waals surface area contributed by atoms with Gasteiger partial charge >= 0.3 is 0 Å². The van der Waals surface area contributed by atoms with Crippen LogP contribution in [0, 0.1) is 11.6 Å². The minimum atomic E-state index is -0.535. The van der Waals surface area contributed by atoms with Crippen molar-refractivity contribution in [2.24, 2.45) is 0 Å². The molecule has 5 heteroatoms. The molecule has 0 saturated carbocycles. The number of ether oxygens (including phenoxy) is 1. The maximum atomic E-state index is 13.2. The largest absolute Gasteiger partial charge is 0.489 e. The molecule has 1 nitrogen and oxygen atoms in total. The molecule has 0 aliphatic heterocycles. The molecule has 0 aromatic heterocycles. The lowest BCUT2D eigenvalue weighted by Crippen LogP contribution is -1.97. The Morgan fingerprint density at radius 1 is 1.11 bits per heavy atom. The van der Waals surface area contributed by atoms with Crippen LogP contribution in [0.5, 0.6) is 5.75 Å². The molecule has 2 rings (SSSR count). The summed E-state index contributed by atoms with van der Waals surface area (Å²) in [6.45, 7) is 0.210. The maximum Gasteiger partial charge on any atom is 0.145 e. The first-order chi connectivity index (χ1) is 8.56. The molecule has 94 valence electrons. The number of halogens is 4. The van der Waals surface area contributed by atoms with Crippen LogP contribution in [0.4, 0.5) is 8.78 Å². The van der Waals surface area contributed by atoms with Crippen molar-refractivity contribution in [1.82, 2.24) is 0 Å². The van der Waals surface area contributed by atoms with Crippen molar-refractivity contribution < 1.29 is 13.5 Å². The predicted octanol–water partition coefficient (Wildman–Crippen LogP) is 4.96. The van der Waals surface area contributed by atoms with Crippen LogP contribution in [0.1, 0.15) is 5.56 Å². The monoisotopic (exact) mass is 332 g/mol. The lowest BCUT2D eigenvalue weighted by molar-refractivity contribution is 0.303. The van der Waals surface area contributed by atoms with Crippen LogP contribution >= 0.6 is 27.5 Å². The van der Waals surface area contributed by atoms with Gasteiger partial charge in [0, 0.05) is 16.1 Å². The summed E-state index contributed by atoms with van der Waals surface area (Å²) < 4.78 is 32.0. The Labute approximate surface area is 116 Å². The van der Waals surface area contributed by atoms with Gasteiger partial charge in [0.1, 0.15) is 24.0 Å². The van der Waals surface area contributed by atoms with Gasteiger partial charge in [-0.15, -0.1) is 0 Å². The van der Waals surface area contributed by atoms with Gasteiger partial charge in [0.15, 0.2) is 0 Å². The Kier molecular flexibility index (Phi) is 4.19. The Morgan fingerprint density at radius 3 is 2.56 bits per heavy atom. The molecule has 0 heterocycles. The Morgan fingerprint density at radius 2 is 1.89 bits per heavy atom. The van der Waals surface area contributed by atoms with E-state index >= 15 is 0 Å². The zero-order chi connectivity index (χ0) is 13.1. The predicted molar refractivity (Wildman–Crippen MR) is 69.8 cm³/mol. The van der Waals surface area contributed by atoms with Crippen molar-refractivity contribution in [2.45, 2.75) is 6.61 Å². The van der Waals surface area contributed by atoms with Gasteiger partial charge in [0.2, 0.25) is 0 Å². The molecule has 2 aromatic rings. The summed E-state index contributed by atoms with van der Waals surface area (Å²) in [5.74, 6) is -0.497. The molecule has 0 unspecified atom stereocenters. The van der Waals surface area contributed by atoms with Gasteiger partial charge in [-0.05, 0) is 24.3 Å². The highest BCUT2D eigenvalue weighted by Crippen LogP contribution is 2.23. The van der Waals surface area contributed by atoms with Crippen LogP contribution in [0.25, 0.3) is 0 Å². The van der Waals surface area contributed by atoms with E-state index in [2.05, 4.69) is 15.9 Å². The Balaban J connectivity index is 2.09. The van der Waals surface area contributed by atoms with Gasteiger partial charge in [-0.1, -0.05) is 33.6 Å². The van der Waals surface area contributed by atoms with Crippen molar-refractivity contribution >= 4 is 27.5 Å². The molecule has 18 heavy (non-hydrogen) atoms. The second-order valence-electron chi connectivity index (χ2n) is 3.60. The minimum absolute atomic E-state index is 0.0466. The fourth-order valence-electron chi connectivity index (χ4n) is 1.37. The lowest BCUT2D eigenvalue weighted by atomic mass is 10.2. The topological polar surface area (TPSA) is 9.23 Å². The molecule has 0 radical (unpaired) electrons. The van der Waals surface area contributed by atoms with E-state index in [4.69, 9.17) is 16.3 Å². The average molecular weight is 334 g/mol. The summed E-state index contributed by atoms with van der Waals surface area (Å²) in [6.07, 6.45) is 0. The summed E-state index contributed by atoms with van der Waals surface area (Å²) in [7, 11) is 0. The average Bonchev–Trinajstić information content (AvgIpc) is 2.32. The van der Waals surface area contributed by atoms with Gasteiger partial charge in [0.25, 0.3) is 0 Å². The van der Waals surface area contributed by atoms with E-state index in [-0.39, 0.29) is 17.4 Å². The van der Waals surface area contributed by atoms with Crippen molar-refractivity contribution in [3.8, 4) is 5.75 Å². The molecule has 0 atom stereocenters. The molecule has 0 aliphatic carbocycles. The normalized spacial score (nSPS) is 10.4. The van der Waals surface area contributed by atoms with Crippen LogP contribution in [-0.4, -0.2) is 0 Å². The van der Waals surface area contributed by atoms with Crippen LogP contribution in [0.2, 0.25) is 5.02 Å². The van der Waals surface area contributed by atoms with E-state index in [9.17, 15) is 8.78 Å². The van der Waals surface area contributed by atoms with E-state index in [0.29, 0.717) is 10.2 Å². The zero-order valence-corrected chi connectivity index (χ0v) is 11.4. The van der Waals surface area contributed by atoms with E-state index < -0.39 is 5.82 Å². The highest BCUT2D eigenvalue weighted by molar-refractivity contribution is 9.10. The third kappa shape index (κ3) is 3.21. The van der Waals surface area contributed by atoms with Crippen molar-refractivity contribution in [3.05, 3.63) is 63.1 Å². The van der Waals surface area contributed by atoms with E-state index in [1.165, 1.54) is 24.3 Å². The molecule has 0 amide bonds. The fraction of sp³-hybridized carbons (Fsp3) is 0.0769. The first-order valence-electron chi connectivity index (χ1n) is 5.08. The van der Waals surface area contributed by atoms with Crippen molar-refractivity contribution in [3.63, 3.8) is 0 Å². The number of benzene rings is 2. The van der Waals surface area contributed by atoms with E-state index in [1.807, 2.05) is 0 Å². The lowest BCUT2D eigenvalue weighted by Gasteiger charge is -2.08. The minimum Gasteiger partial charge on any atom is -0.489 e. The molecular formula is C13H8BrClF2O. The molecule has 0 saturated heterocycles. The summed E-state index contributed by atoms with van der Waals surface area (Å²) in [5, 5.41) is 0.0466. The second-order valence-corrected chi connectivity index (χ2v) is 4.86. The van der Waals surface area contributed by atoms with Gasteiger partial charge in [-0.25, -0.2) is 8.78 Å². The third-order valence-corrected chi connectivity index (χ3v) is 3.35. The standard InChI is InChI=1S/C13H8BrClF2O/c14-11-5-9(16)2-1-8(11)7-18-10-3-4-12(15)13(17)6-10/h1-6H,7H2. The van der Waals surface area contributed by atoms with Gasteiger partial charge in [-0.3, -0.25) is 0 Å². The highest BCUT2D eigenvalue weighted by Gasteiger charge is 2.05. The first kappa shape index (κ1) is 13.3. The third-order valence-electron chi connectivity index (χ3n) is 2.30. The van der Waals surface area contributed by atoms with Crippen LogP contribution in [0.3, 0.4) is 0 Å². The van der Waals surface area contributed by atoms with Crippen LogP contribution < -0.4 is 4.74 Å². The first-order valence-corrected chi connectivity index (χ1v) is 6.25. The molecule has 2 aromatic carbocycles. The maximum absolute atomic E-state index is 13.2. The summed E-state index contributed by atoms with van der Waals surface area (Å²) >= 11 is 8.79. The quantitative estimate of drug-likeness (QED) is 0.771. The van der Waals surface area contributed by atoms with Gasteiger partial charge < -0.3 is 4.74 Å². The van der Waals surface area contributed by atoms with Gasteiger partial charge in [-0.2, -0.15) is 0 Å². The SMILES string of the molecule is Fc1ccc(COc2ccc(Cl)c(F)c2)c(Br)c1. The fourth-order valence-corrected chi connectivity index (χ4v) is 1.95. The second kappa shape index (κ2) is 5.67. The molecule has 0 N–H and O–H groups in total. The number of rotatable bonds is 3. The zero-order valence-electron chi connectivity index (χ0n) is 9.09. The summed E-state index contributed by atoms with van der Waals surface area (Å²) in [6, 6.07) is 8.49. The number of hydrogen-bond acceptors (Lipinski definition) is 1. The Bertz CT molecular complexity index is 575. The molecular weight excluding hydrogens is 325 g/mol. The smallest absolute Gasteiger partial charge is 0.145 e. The summed E-state index contributed by atoms with van der Waals surface area (Å²) in [4.78, 5) is 0.